The second-order valence-electron chi connectivity index (χ2n) is 3.92. The van der Waals surface area contributed by atoms with Gasteiger partial charge in [0.2, 0.25) is 0 Å². The number of carbonyl (C=O) groups is 1. The van der Waals surface area contributed by atoms with Crippen molar-refractivity contribution in [1.29, 1.82) is 5.26 Å². The summed E-state index contributed by atoms with van der Waals surface area (Å²) in [6.45, 7) is 1.84. The summed E-state index contributed by atoms with van der Waals surface area (Å²) in [6.07, 6.45) is 0. The molecular weight excluding hydrogens is 218 g/mol. The zero-order valence-corrected chi connectivity index (χ0v) is 9.73. The van der Waals surface area contributed by atoms with Gasteiger partial charge in [-0.15, -0.1) is 0 Å². The fourth-order valence-corrected chi connectivity index (χ4v) is 1.64. The van der Waals surface area contributed by atoms with E-state index in [1.165, 1.54) is 0 Å². The van der Waals surface area contributed by atoms with Gasteiger partial charge in [-0.05, 0) is 25.1 Å². The van der Waals surface area contributed by atoms with E-state index in [4.69, 9.17) is 10.00 Å². The molecule has 1 unspecified atom stereocenters. The number of nitrogens with zero attached hydrogens (tertiary/aromatic N) is 2. The van der Waals surface area contributed by atoms with Gasteiger partial charge in [0.1, 0.15) is 11.8 Å². The summed E-state index contributed by atoms with van der Waals surface area (Å²) >= 11 is 0. The Balaban J connectivity index is 2.30. The number of rotatable bonds is 2. The fourth-order valence-electron chi connectivity index (χ4n) is 1.64. The standard InChI is InChI=1S/C12H13N3O2/c1-8(6-13)14-9-3-4-11-10(5-9)15(2)12(16)7-17-11/h3-5,8,14H,7H2,1-2H3. The third-order valence-corrected chi connectivity index (χ3v) is 2.62. The molecule has 0 fully saturated rings. The monoisotopic (exact) mass is 231 g/mol. The number of fused-ring (bicyclic) bond motifs is 1. The summed E-state index contributed by atoms with van der Waals surface area (Å²) in [5, 5.41) is 11.7. The zero-order chi connectivity index (χ0) is 12.4. The molecule has 1 aliphatic heterocycles. The van der Waals surface area contributed by atoms with Crippen LogP contribution in [0.3, 0.4) is 0 Å². The van der Waals surface area contributed by atoms with Gasteiger partial charge in [-0.2, -0.15) is 5.26 Å². The molecule has 1 heterocycles. The summed E-state index contributed by atoms with van der Waals surface area (Å²) in [6, 6.07) is 7.24. The molecule has 5 nitrogen and oxygen atoms in total. The molecule has 1 aromatic carbocycles. The smallest absolute Gasteiger partial charge is 0.264 e. The number of benzene rings is 1. The van der Waals surface area contributed by atoms with E-state index < -0.39 is 0 Å². The van der Waals surface area contributed by atoms with E-state index in [2.05, 4.69) is 11.4 Å². The van der Waals surface area contributed by atoms with Gasteiger partial charge >= 0.3 is 0 Å². The highest BCUT2D eigenvalue weighted by Crippen LogP contribution is 2.33. The SMILES string of the molecule is CC(C#N)Nc1ccc2c(c1)N(C)C(=O)CO2. The number of nitrogens with one attached hydrogen (secondary N) is 1. The molecule has 0 bridgehead atoms. The van der Waals surface area contributed by atoms with Crippen LogP contribution in [-0.4, -0.2) is 25.6 Å². The Hall–Kier alpha value is -2.22. The lowest BCUT2D eigenvalue weighted by Gasteiger charge is -2.26. The Labute approximate surface area is 99.6 Å². The molecule has 0 aliphatic carbocycles. The summed E-state index contributed by atoms with van der Waals surface area (Å²) < 4.78 is 5.31. The van der Waals surface area contributed by atoms with Crippen molar-refractivity contribution in [3.8, 4) is 11.8 Å². The van der Waals surface area contributed by atoms with Crippen molar-refractivity contribution < 1.29 is 9.53 Å². The molecule has 5 heteroatoms. The van der Waals surface area contributed by atoms with Gasteiger partial charge in [-0.25, -0.2) is 0 Å². The second-order valence-corrected chi connectivity index (χ2v) is 3.92. The van der Waals surface area contributed by atoms with E-state index in [1.54, 1.807) is 31.0 Å². The van der Waals surface area contributed by atoms with Crippen molar-refractivity contribution >= 4 is 17.3 Å². The van der Waals surface area contributed by atoms with E-state index >= 15 is 0 Å². The van der Waals surface area contributed by atoms with E-state index in [-0.39, 0.29) is 18.6 Å². The van der Waals surface area contributed by atoms with Crippen molar-refractivity contribution in [1.82, 2.24) is 0 Å². The summed E-state index contributed by atoms with van der Waals surface area (Å²) in [4.78, 5) is 13.0. The molecule has 1 aromatic rings. The molecule has 17 heavy (non-hydrogen) atoms. The molecule has 0 radical (unpaired) electrons. The van der Waals surface area contributed by atoms with E-state index in [0.29, 0.717) is 5.75 Å². The molecule has 0 spiro atoms. The molecule has 0 saturated carbocycles. The van der Waals surface area contributed by atoms with Gasteiger partial charge in [-0.3, -0.25) is 4.79 Å². The number of hydrogen-bond acceptors (Lipinski definition) is 4. The van der Waals surface area contributed by atoms with Crippen LogP contribution in [0.25, 0.3) is 0 Å². The number of nitriles is 1. The Morgan fingerprint density at radius 2 is 2.35 bits per heavy atom. The number of ether oxygens (including phenoxy) is 1. The fraction of sp³-hybridized carbons (Fsp3) is 0.333. The maximum absolute atomic E-state index is 11.5. The van der Waals surface area contributed by atoms with Crippen molar-refractivity contribution in [2.45, 2.75) is 13.0 Å². The normalized spacial score (nSPS) is 15.6. The molecule has 0 saturated heterocycles. The first-order valence-corrected chi connectivity index (χ1v) is 5.31. The number of hydrogen-bond donors (Lipinski definition) is 1. The number of anilines is 2. The maximum Gasteiger partial charge on any atom is 0.264 e. The van der Waals surface area contributed by atoms with Crippen LogP contribution in [0.4, 0.5) is 11.4 Å². The van der Waals surface area contributed by atoms with Crippen LogP contribution < -0.4 is 15.0 Å². The number of likely N-dealkylation sites (N-methyl/N-ethyl adjacent to an activating group) is 1. The summed E-state index contributed by atoms with van der Waals surface area (Å²) in [5.74, 6) is 0.602. The molecule has 1 aliphatic rings. The number of carbonyl (C=O) groups excluding carboxylic acids is 1. The minimum Gasteiger partial charge on any atom is -0.482 e. The molecule has 1 amide bonds. The van der Waals surface area contributed by atoms with E-state index in [0.717, 1.165) is 11.4 Å². The van der Waals surface area contributed by atoms with Crippen molar-refractivity contribution in [2.24, 2.45) is 0 Å². The molecule has 88 valence electrons. The van der Waals surface area contributed by atoms with E-state index in [9.17, 15) is 4.79 Å². The van der Waals surface area contributed by atoms with Gasteiger partial charge in [0, 0.05) is 12.7 Å². The minimum absolute atomic E-state index is 0.0743. The highest BCUT2D eigenvalue weighted by atomic mass is 16.5. The predicted octanol–water partition coefficient (Wildman–Crippen LogP) is 1.37. The zero-order valence-electron chi connectivity index (χ0n) is 9.73. The molecule has 0 aromatic heterocycles. The Bertz CT molecular complexity index is 493. The first-order chi connectivity index (χ1) is 8.11. The topological polar surface area (TPSA) is 65.4 Å². The largest absolute Gasteiger partial charge is 0.482 e. The Morgan fingerprint density at radius 3 is 3.06 bits per heavy atom. The number of amides is 1. The van der Waals surface area contributed by atoms with E-state index in [1.807, 2.05) is 6.07 Å². The summed E-state index contributed by atoms with van der Waals surface area (Å²) in [7, 11) is 1.71. The lowest BCUT2D eigenvalue weighted by Crippen LogP contribution is -2.35. The molecule has 1 atom stereocenters. The predicted molar refractivity (Wildman–Crippen MR) is 64.0 cm³/mol. The Morgan fingerprint density at radius 1 is 1.59 bits per heavy atom. The van der Waals surface area contributed by atoms with Gasteiger partial charge in [0.25, 0.3) is 5.91 Å². The average molecular weight is 231 g/mol. The average Bonchev–Trinajstić information content (AvgIpc) is 2.34. The van der Waals surface area contributed by atoms with Crippen molar-refractivity contribution in [2.75, 3.05) is 23.9 Å². The minimum atomic E-state index is -0.279. The summed E-state index contributed by atoms with van der Waals surface area (Å²) in [5.41, 5.74) is 1.51. The van der Waals surface area contributed by atoms with Crippen LogP contribution in [0, 0.1) is 11.3 Å². The van der Waals surface area contributed by atoms with Crippen LogP contribution in [0.2, 0.25) is 0 Å². The van der Waals surface area contributed by atoms with Crippen molar-refractivity contribution in [3.05, 3.63) is 18.2 Å². The van der Waals surface area contributed by atoms with Gasteiger partial charge in [-0.1, -0.05) is 0 Å². The quantitative estimate of drug-likeness (QED) is 0.834. The third-order valence-electron chi connectivity index (χ3n) is 2.62. The molecular formula is C12H13N3O2. The Kier molecular flexibility index (Phi) is 2.88. The van der Waals surface area contributed by atoms with Crippen LogP contribution in [0.15, 0.2) is 18.2 Å². The van der Waals surface area contributed by atoms with Crippen molar-refractivity contribution in [3.63, 3.8) is 0 Å². The lowest BCUT2D eigenvalue weighted by atomic mass is 10.2. The van der Waals surface area contributed by atoms with Crippen LogP contribution in [-0.2, 0) is 4.79 Å². The van der Waals surface area contributed by atoms with Gasteiger partial charge < -0.3 is 15.0 Å². The molecule has 2 rings (SSSR count). The van der Waals surface area contributed by atoms with Gasteiger partial charge in [0.15, 0.2) is 6.61 Å². The first-order valence-electron chi connectivity index (χ1n) is 5.31. The molecule has 1 N–H and O–H groups in total. The van der Waals surface area contributed by atoms with Crippen LogP contribution in [0.1, 0.15) is 6.92 Å². The van der Waals surface area contributed by atoms with Crippen LogP contribution >= 0.6 is 0 Å². The third kappa shape index (κ3) is 2.16. The highest BCUT2D eigenvalue weighted by molar-refractivity contribution is 5.97. The van der Waals surface area contributed by atoms with Crippen LogP contribution in [0.5, 0.6) is 5.75 Å². The highest BCUT2D eigenvalue weighted by Gasteiger charge is 2.22. The second kappa shape index (κ2) is 4.34. The first kappa shape index (κ1) is 11.3. The maximum atomic E-state index is 11.5. The van der Waals surface area contributed by atoms with Gasteiger partial charge in [0.05, 0.1) is 11.8 Å². The lowest BCUT2D eigenvalue weighted by molar-refractivity contribution is -0.120.